The number of rotatable bonds is 5. The predicted octanol–water partition coefficient (Wildman–Crippen LogP) is 0.501. The first kappa shape index (κ1) is 10.7. The molecule has 78 valence electrons. The van der Waals surface area contributed by atoms with Crippen molar-refractivity contribution in [2.45, 2.75) is 13.3 Å². The molecule has 1 aromatic heterocycles. The Morgan fingerprint density at radius 1 is 1.79 bits per heavy atom. The Hall–Kier alpha value is -1.37. The lowest BCUT2D eigenvalue weighted by Crippen LogP contribution is -2.27. The van der Waals surface area contributed by atoms with Crippen LogP contribution in [0.15, 0.2) is 10.7 Å². The molecule has 7 heteroatoms. The summed E-state index contributed by atoms with van der Waals surface area (Å²) in [7, 11) is 0. The minimum absolute atomic E-state index is 0.230. The van der Waals surface area contributed by atoms with Gasteiger partial charge in [-0.15, -0.1) is 10.2 Å². The van der Waals surface area contributed by atoms with Gasteiger partial charge in [-0.25, -0.2) is 0 Å². The van der Waals surface area contributed by atoms with Gasteiger partial charge in [-0.05, 0) is 6.92 Å². The number of amidine groups is 1. The topological polar surface area (TPSA) is 87.6 Å². The fourth-order valence-corrected chi connectivity index (χ4v) is 1.65. The van der Waals surface area contributed by atoms with E-state index in [0.717, 1.165) is 11.7 Å². The van der Waals surface area contributed by atoms with Crippen LogP contribution >= 0.6 is 11.3 Å². The molecule has 0 unspecified atom stereocenters. The summed E-state index contributed by atoms with van der Waals surface area (Å²) in [6, 6.07) is 0. The second-order valence-electron chi connectivity index (χ2n) is 2.64. The summed E-state index contributed by atoms with van der Waals surface area (Å²) < 4.78 is 0. The summed E-state index contributed by atoms with van der Waals surface area (Å²) in [5.74, 6) is 0.230. The smallest absolute Gasteiger partial charge is 0.208 e. The molecule has 14 heavy (non-hydrogen) atoms. The molecule has 0 saturated heterocycles. The van der Waals surface area contributed by atoms with Gasteiger partial charge in [-0.1, -0.05) is 16.5 Å². The molecule has 0 aromatic carbocycles. The van der Waals surface area contributed by atoms with Crippen molar-refractivity contribution in [1.29, 1.82) is 0 Å². The minimum Gasteiger partial charge on any atom is -0.409 e. The van der Waals surface area contributed by atoms with E-state index in [-0.39, 0.29) is 5.84 Å². The van der Waals surface area contributed by atoms with E-state index in [1.807, 2.05) is 11.8 Å². The van der Waals surface area contributed by atoms with E-state index in [0.29, 0.717) is 13.0 Å². The molecule has 0 aliphatic heterocycles. The van der Waals surface area contributed by atoms with Crippen LogP contribution in [0.4, 0.5) is 5.13 Å². The van der Waals surface area contributed by atoms with Crippen LogP contribution in [0.3, 0.4) is 0 Å². The molecule has 0 saturated carbocycles. The van der Waals surface area contributed by atoms with Gasteiger partial charge in [0.05, 0.1) is 0 Å². The van der Waals surface area contributed by atoms with Gasteiger partial charge in [0.2, 0.25) is 5.13 Å². The number of hydrogen-bond acceptors (Lipinski definition) is 6. The van der Waals surface area contributed by atoms with Crippen LogP contribution in [0, 0.1) is 0 Å². The average molecular weight is 215 g/mol. The number of aromatic nitrogens is 2. The zero-order valence-electron chi connectivity index (χ0n) is 7.92. The van der Waals surface area contributed by atoms with E-state index in [1.54, 1.807) is 5.51 Å². The fourth-order valence-electron chi connectivity index (χ4n) is 0.994. The van der Waals surface area contributed by atoms with Gasteiger partial charge in [0.15, 0.2) is 0 Å². The molecule has 0 atom stereocenters. The molecule has 6 nitrogen and oxygen atoms in total. The van der Waals surface area contributed by atoms with E-state index >= 15 is 0 Å². The van der Waals surface area contributed by atoms with Crippen LogP contribution < -0.4 is 10.6 Å². The van der Waals surface area contributed by atoms with Gasteiger partial charge in [0, 0.05) is 19.5 Å². The zero-order valence-corrected chi connectivity index (χ0v) is 8.74. The van der Waals surface area contributed by atoms with Gasteiger partial charge in [0.1, 0.15) is 11.3 Å². The van der Waals surface area contributed by atoms with Crippen molar-refractivity contribution in [3.05, 3.63) is 5.51 Å². The third kappa shape index (κ3) is 2.84. The highest BCUT2D eigenvalue weighted by atomic mass is 32.1. The molecule has 0 fully saturated rings. The van der Waals surface area contributed by atoms with Crippen LogP contribution in [0.25, 0.3) is 0 Å². The quantitative estimate of drug-likeness (QED) is 0.323. The van der Waals surface area contributed by atoms with E-state index in [9.17, 15) is 0 Å². The number of anilines is 1. The lowest BCUT2D eigenvalue weighted by molar-refractivity contribution is 0.317. The fraction of sp³-hybridized carbons (Fsp3) is 0.571. The van der Waals surface area contributed by atoms with Crippen molar-refractivity contribution in [1.82, 2.24) is 10.2 Å². The minimum atomic E-state index is 0.230. The maximum atomic E-state index is 8.37. The Labute approximate surface area is 86.0 Å². The summed E-state index contributed by atoms with van der Waals surface area (Å²) in [6.07, 6.45) is 0.518. The number of oxime groups is 1. The molecular formula is C7H13N5OS. The third-order valence-corrected chi connectivity index (χ3v) is 2.52. The first-order valence-electron chi connectivity index (χ1n) is 4.25. The maximum absolute atomic E-state index is 8.37. The Balaban J connectivity index is 2.48. The summed E-state index contributed by atoms with van der Waals surface area (Å²) in [5, 5.41) is 19.8. The Morgan fingerprint density at radius 2 is 2.57 bits per heavy atom. The SMILES string of the molecule is CCN(CCC(N)=NO)c1nncs1. The number of nitrogens with zero attached hydrogens (tertiary/aromatic N) is 4. The first-order chi connectivity index (χ1) is 6.77. The monoisotopic (exact) mass is 215 g/mol. The first-order valence-corrected chi connectivity index (χ1v) is 5.13. The van der Waals surface area contributed by atoms with Crippen LogP contribution in [0.1, 0.15) is 13.3 Å². The lowest BCUT2D eigenvalue weighted by Gasteiger charge is -2.18. The van der Waals surface area contributed by atoms with Crippen LogP contribution in [0.2, 0.25) is 0 Å². The molecule has 1 heterocycles. The highest BCUT2D eigenvalue weighted by Crippen LogP contribution is 2.15. The predicted molar refractivity (Wildman–Crippen MR) is 55.8 cm³/mol. The molecule has 0 radical (unpaired) electrons. The number of nitrogens with two attached hydrogens (primary N) is 1. The molecule has 0 spiro atoms. The van der Waals surface area contributed by atoms with E-state index < -0.39 is 0 Å². The van der Waals surface area contributed by atoms with Crippen LogP contribution in [-0.2, 0) is 0 Å². The second-order valence-corrected chi connectivity index (χ2v) is 3.45. The standard InChI is InChI=1S/C7H13N5OS/c1-2-12(4-3-6(8)11-13)7-10-9-5-14-7/h5,13H,2-4H2,1H3,(H2,8,11). The highest BCUT2D eigenvalue weighted by molar-refractivity contribution is 7.13. The summed E-state index contributed by atoms with van der Waals surface area (Å²) in [6.45, 7) is 3.53. The van der Waals surface area contributed by atoms with Crippen molar-refractivity contribution in [3.8, 4) is 0 Å². The molecule has 0 amide bonds. The normalized spacial score (nSPS) is 11.6. The Morgan fingerprint density at radius 3 is 3.07 bits per heavy atom. The molecule has 0 aliphatic rings. The van der Waals surface area contributed by atoms with E-state index in [2.05, 4.69) is 15.4 Å². The van der Waals surface area contributed by atoms with Crippen molar-refractivity contribution in [2.24, 2.45) is 10.9 Å². The van der Waals surface area contributed by atoms with Gasteiger partial charge in [-0.3, -0.25) is 0 Å². The number of hydrogen-bond donors (Lipinski definition) is 2. The van der Waals surface area contributed by atoms with E-state index in [1.165, 1.54) is 11.3 Å². The average Bonchev–Trinajstić information content (AvgIpc) is 2.72. The van der Waals surface area contributed by atoms with Gasteiger partial charge in [0.25, 0.3) is 0 Å². The summed E-state index contributed by atoms with van der Waals surface area (Å²) in [5.41, 5.74) is 7.05. The molecule has 1 aromatic rings. The molecule has 1 rings (SSSR count). The van der Waals surface area contributed by atoms with Crippen molar-refractivity contribution in [2.75, 3.05) is 18.0 Å². The van der Waals surface area contributed by atoms with Gasteiger partial charge < -0.3 is 15.8 Å². The van der Waals surface area contributed by atoms with Gasteiger partial charge >= 0.3 is 0 Å². The van der Waals surface area contributed by atoms with Crippen LogP contribution in [-0.4, -0.2) is 34.3 Å². The Kier molecular flexibility index (Phi) is 4.11. The summed E-state index contributed by atoms with van der Waals surface area (Å²) in [4.78, 5) is 2.02. The van der Waals surface area contributed by atoms with Crippen molar-refractivity contribution < 1.29 is 5.21 Å². The Bertz CT molecular complexity index is 286. The molecular weight excluding hydrogens is 202 g/mol. The molecule has 0 aliphatic carbocycles. The largest absolute Gasteiger partial charge is 0.409 e. The molecule has 3 N–H and O–H groups in total. The third-order valence-electron chi connectivity index (χ3n) is 1.77. The van der Waals surface area contributed by atoms with Crippen molar-refractivity contribution >= 4 is 22.3 Å². The van der Waals surface area contributed by atoms with Crippen molar-refractivity contribution in [3.63, 3.8) is 0 Å². The summed E-state index contributed by atoms with van der Waals surface area (Å²) >= 11 is 1.48. The highest BCUT2D eigenvalue weighted by Gasteiger charge is 2.07. The van der Waals surface area contributed by atoms with Gasteiger partial charge in [-0.2, -0.15) is 0 Å². The van der Waals surface area contributed by atoms with E-state index in [4.69, 9.17) is 10.9 Å². The zero-order chi connectivity index (χ0) is 10.4. The second kappa shape index (κ2) is 5.38. The lowest BCUT2D eigenvalue weighted by atomic mass is 10.4. The molecule has 0 bridgehead atoms. The van der Waals surface area contributed by atoms with Crippen LogP contribution in [0.5, 0.6) is 0 Å². The maximum Gasteiger partial charge on any atom is 0.208 e.